The lowest BCUT2D eigenvalue weighted by atomic mass is 9.90. The van der Waals surface area contributed by atoms with E-state index in [-0.39, 0.29) is 5.91 Å². The molecule has 0 atom stereocenters. The lowest BCUT2D eigenvalue weighted by Crippen LogP contribution is -2.38. The maximum absolute atomic E-state index is 12.8. The fourth-order valence-corrected chi connectivity index (χ4v) is 3.61. The van der Waals surface area contributed by atoms with Crippen molar-refractivity contribution in [1.82, 2.24) is 19.5 Å². The molecule has 1 aliphatic rings. The number of carbonyl (C=O) groups is 1. The highest BCUT2D eigenvalue weighted by atomic mass is 16.2. The van der Waals surface area contributed by atoms with E-state index < -0.39 is 0 Å². The van der Waals surface area contributed by atoms with Crippen LogP contribution in [0, 0.1) is 12.8 Å². The summed E-state index contributed by atoms with van der Waals surface area (Å²) in [6.07, 6.45) is 5.10. The lowest BCUT2D eigenvalue weighted by molar-refractivity contribution is 0.0690. The topological polar surface area (TPSA) is 50.5 Å². The number of nitrogens with zero attached hydrogens (tertiary/aromatic N) is 4. The Kier molecular flexibility index (Phi) is 4.22. The second kappa shape index (κ2) is 6.67. The summed E-state index contributed by atoms with van der Waals surface area (Å²) in [5.41, 5.74) is 2.81. The summed E-state index contributed by atoms with van der Waals surface area (Å²) in [5.74, 6) is 1.59. The Balaban J connectivity index is 1.40. The maximum Gasteiger partial charge on any atom is 0.254 e. The van der Waals surface area contributed by atoms with Crippen molar-refractivity contribution in [3.8, 4) is 0 Å². The molecule has 4 rings (SSSR count). The zero-order chi connectivity index (χ0) is 17.2. The minimum Gasteiger partial charge on any atom is -0.339 e. The van der Waals surface area contributed by atoms with Crippen LogP contribution in [-0.2, 0) is 6.42 Å². The molecule has 0 bridgehead atoms. The van der Waals surface area contributed by atoms with Gasteiger partial charge in [0, 0.05) is 24.8 Å². The predicted molar refractivity (Wildman–Crippen MR) is 96.5 cm³/mol. The Hall–Kier alpha value is -2.69. The van der Waals surface area contributed by atoms with Gasteiger partial charge in [-0.15, -0.1) is 10.2 Å². The molecule has 0 unspecified atom stereocenters. The normalized spacial score (nSPS) is 15.6. The van der Waals surface area contributed by atoms with Gasteiger partial charge in [0.1, 0.15) is 5.82 Å². The van der Waals surface area contributed by atoms with Crippen LogP contribution in [0.1, 0.15) is 34.6 Å². The number of benzene rings is 1. The summed E-state index contributed by atoms with van der Waals surface area (Å²) in [7, 11) is 0. The second-order valence-electron chi connectivity index (χ2n) is 6.82. The van der Waals surface area contributed by atoms with Crippen molar-refractivity contribution in [2.75, 3.05) is 13.1 Å². The molecule has 1 amide bonds. The van der Waals surface area contributed by atoms with E-state index in [1.54, 1.807) is 0 Å². The first-order valence-corrected chi connectivity index (χ1v) is 8.85. The lowest BCUT2D eigenvalue weighted by Gasteiger charge is -2.32. The molecule has 5 heteroatoms. The first-order valence-electron chi connectivity index (χ1n) is 8.85. The number of piperidine rings is 1. The molecule has 1 aromatic carbocycles. The van der Waals surface area contributed by atoms with Crippen molar-refractivity contribution >= 4 is 11.6 Å². The van der Waals surface area contributed by atoms with Crippen LogP contribution in [0.3, 0.4) is 0 Å². The third-order valence-corrected chi connectivity index (χ3v) is 5.10. The number of carbonyl (C=O) groups excluding carboxylic acids is 1. The van der Waals surface area contributed by atoms with E-state index in [0.29, 0.717) is 11.5 Å². The van der Waals surface area contributed by atoms with Crippen molar-refractivity contribution in [1.29, 1.82) is 0 Å². The molecule has 2 aromatic heterocycles. The van der Waals surface area contributed by atoms with Gasteiger partial charge in [0.15, 0.2) is 5.65 Å². The van der Waals surface area contributed by atoms with E-state index >= 15 is 0 Å². The van der Waals surface area contributed by atoms with Gasteiger partial charge in [-0.25, -0.2) is 0 Å². The Labute approximate surface area is 147 Å². The van der Waals surface area contributed by atoms with Gasteiger partial charge in [-0.05, 0) is 49.8 Å². The minimum absolute atomic E-state index is 0.0984. The van der Waals surface area contributed by atoms with Gasteiger partial charge in [0.25, 0.3) is 5.91 Å². The van der Waals surface area contributed by atoms with E-state index in [2.05, 4.69) is 40.5 Å². The van der Waals surface area contributed by atoms with E-state index in [1.807, 2.05) is 34.6 Å². The Morgan fingerprint density at radius 2 is 1.88 bits per heavy atom. The number of hydrogen-bond donors (Lipinski definition) is 0. The van der Waals surface area contributed by atoms with Crippen LogP contribution in [0.4, 0.5) is 0 Å². The number of aryl methyl sites for hydroxylation is 1. The molecule has 3 heterocycles. The number of amides is 1. The number of fused-ring (bicyclic) bond motifs is 1. The molecule has 1 fully saturated rings. The van der Waals surface area contributed by atoms with Gasteiger partial charge in [0.05, 0.1) is 0 Å². The van der Waals surface area contributed by atoms with Crippen LogP contribution in [0.25, 0.3) is 5.65 Å². The number of aromatic nitrogens is 3. The monoisotopic (exact) mass is 334 g/mol. The summed E-state index contributed by atoms with van der Waals surface area (Å²) in [6.45, 7) is 3.56. The summed E-state index contributed by atoms with van der Waals surface area (Å²) in [6, 6.07) is 14.3. The first kappa shape index (κ1) is 15.8. The van der Waals surface area contributed by atoms with Crippen LogP contribution in [0.15, 0.2) is 48.7 Å². The second-order valence-corrected chi connectivity index (χ2v) is 6.82. The maximum atomic E-state index is 12.8. The van der Waals surface area contributed by atoms with Gasteiger partial charge in [-0.2, -0.15) is 0 Å². The van der Waals surface area contributed by atoms with Crippen LogP contribution in [0.2, 0.25) is 0 Å². The highest BCUT2D eigenvalue weighted by molar-refractivity contribution is 5.95. The van der Waals surface area contributed by atoms with Gasteiger partial charge >= 0.3 is 0 Å². The molecule has 0 saturated carbocycles. The molecule has 3 aromatic rings. The van der Waals surface area contributed by atoms with Crippen molar-refractivity contribution < 1.29 is 4.79 Å². The highest BCUT2D eigenvalue weighted by Gasteiger charge is 2.24. The van der Waals surface area contributed by atoms with Crippen LogP contribution in [-0.4, -0.2) is 38.5 Å². The molecule has 0 radical (unpaired) electrons. The van der Waals surface area contributed by atoms with Crippen LogP contribution >= 0.6 is 0 Å². The van der Waals surface area contributed by atoms with E-state index in [0.717, 1.165) is 43.8 Å². The third kappa shape index (κ3) is 3.27. The fraction of sp³-hybridized carbons (Fsp3) is 0.350. The summed E-state index contributed by atoms with van der Waals surface area (Å²) in [4.78, 5) is 14.8. The van der Waals surface area contributed by atoms with E-state index in [4.69, 9.17) is 0 Å². The molecule has 25 heavy (non-hydrogen) atoms. The number of rotatable bonds is 3. The average Bonchev–Trinajstić information content (AvgIpc) is 3.03. The summed E-state index contributed by atoms with van der Waals surface area (Å²) in [5, 5.41) is 8.15. The van der Waals surface area contributed by atoms with Gasteiger partial charge < -0.3 is 4.90 Å². The van der Waals surface area contributed by atoms with Crippen molar-refractivity contribution in [3.63, 3.8) is 0 Å². The molecular formula is C20H22N4O. The summed E-state index contributed by atoms with van der Waals surface area (Å²) >= 11 is 0. The minimum atomic E-state index is 0.0984. The average molecular weight is 334 g/mol. The Morgan fingerprint density at radius 1 is 1.12 bits per heavy atom. The number of pyridine rings is 1. The number of likely N-dealkylation sites (tertiary alicyclic amines) is 1. The first-order chi connectivity index (χ1) is 12.2. The Morgan fingerprint density at radius 3 is 2.64 bits per heavy atom. The van der Waals surface area contributed by atoms with Crippen LogP contribution in [0.5, 0.6) is 0 Å². The molecule has 1 saturated heterocycles. The standard InChI is InChI=1S/C20H22N4O/c1-15-21-22-19-14-18(9-12-24(15)19)20(25)23-10-7-17(8-11-23)13-16-5-3-2-4-6-16/h2-6,9,12,14,17H,7-8,10-11,13H2,1H3. The molecule has 128 valence electrons. The quantitative estimate of drug-likeness (QED) is 0.739. The summed E-state index contributed by atoms with van der Waals surface area (Å²) < 4.78 is 1.89. The van der Waals surface area contributed by atoms with Crippen molar-refractivity contribution in [2.45, 2.75) is 26.2 Å². The third-order valence-electron chi connectivity index (χ3n) is 5.10. The largest absolute Gasteiger partial charge is 0.339 e. The highest BCUT2D eigenvalue weighted by Crippen LogP contribution is 2.23. The molecule has 0 spiro atoms. The van der Waals surface area contributed by atoms with Crippen molar-refractivity contribution in [2.24, 2.45) is 5.92 Å². The van der Waals surface area contributed by atoms with Crippen LogP contribution < -0.4 is 0 Å². The number of hydrogen-bond acceptors (Lipinski definition) is 3. The van der Waals surface area contributed by atoms with Gasteiger partial charge in [0.2, 0.25) is 0 Å². The fourth-order valence-electron chi connectivity index (χ4n) is 3.61. The van der Waals surface area contributed by atoms with Gasteiger partial charge in [-0.3, -0.25) is 9.20 Å². The zero-order valence-corrected chi connectivity index (χ0v) is 14.4. The SMILES string of the molecule is Cc1nnc2cc(C(=O)N3CCC(Cc4ccccc4)CC3)ccn12. The zero-order valence-electron chi connectivity index (χ0n) is 14.4. The Bertz CT molecular complexity index is 879. The smallest absolute Gasteiger partial charge is 0.254 e. The molecular weight excluding hydrogens is 312 g/mol. The molecule has 5 nitrogen and oxygen atoms in total. The van der Waals surface area contributed by atoms with Gasteiger partial charge in [-0.1, -0.05) is 30.3 Å². The predicted octanol–water partition coefficient (Wildman–Crippen LogP) is 3.13. The molecule has 0 aliphatic carbocycles. The molecule has 1 aliphatic heterocycles. The van der Waals surface area contributed by atoms with E-state index in [1.165, 1.54) is 5.56 Å². The van der Waals surface area contributed by atoms with Crippen molar-refractivity contribution in [3.05, 3.63) is 65.6 Å². The molecule has 0 N–H and O–H groups in total. The van der Waals surface area contributed by atoms with E-state index in [9.17, 15) is 4.79 Å².